The fraction of sp³-hybridized carbons (Fsp3) is 0.545. The molecule has 2 saturated carbocycles. The number of hydrogen-bond acceptors (Lipinski definition) is 4. The first-order valence-electron chi connectivity index (χ1n) is 10.0. The summed E-state index contributed by atoms with van der Waals surface area (Å²) in [4.78, 5) is 9.43. The number of benzene rings is 1. The summed E-state index contributed by atoms with van der Waals surface area (Å²) in [6.07, 6.45) is 12.7. The van der Waals surface area contributed by atoms with Crippen molar-refractivity contribution in [3.05, 3.63) is 53.5 Å². The van der Waals surface area contributed by atoms with Crippen LogP contribution in [0, 0.1) is 11.3 Å². The first-order chi connectivity index (χ1) is 12.7. The topological polar surface area (TPSA) is 51.8 Å². The van der Waals surface area contributed by atoms with Crippen molar-refractivity contribution >= 4 is 11.8 Å². The maximum absolute atomic E-state index is 6.69. The maximum Gasteiger partial charge on any atom is 0.114 e. The lowest BCUT2D eigenvalue weighted by Crippen LogP contribution is -2.35. The predicted molar refractivity (Wildman–Crippen MR) is 106 cm³/mol. The van der Waals surface area contributed by atoms with Crippen LogP contribution in [0.1, 0.15) is 67.3 Å². The molecule has 0 bridgehead atoms. The van der Waals surface area contributed by atoms with Crippen LogP contribution in [0.5, 0.6) is 0 Å². The minimum atomic E-state index is 0.201. The van der Waals surface area contributed by atoms with E-state index in [0.717, 1.165) is 17.4 Å². The Hall–Kier alpha value is -1.39. The van der Waals surface area contributed by atoms with Crippen molar-refractivity contribution in [2.45, 2.75) is 61.9 Å². The molecule has 2 aromatic rings. The van der Waals surface area contributed by atoms with Crippen molar-refractivity contribution < 1.29 is 0 Å². The quantitative estimate of drug-likeness (QED) is 0.785. The van der Waals surface area contributed by atoms with E-state index in [-0.39, 0.29) is 11.5 Å². The normalized spacial score (nSPS) is 30.5. The van der Waals surface area contributed by atoms with E-state index in [9.17, 15) is 0 Å². The third-order valence-electron chi connectivity index (χ3n) is 6.80. The van der Waals surface area contributed by atoms with Gasteiger partial charge in [-0.1, -0.05) is 24.3 Å². The average molecular weight is 366 g/mol. The van der Waals surface area contributed by atoms with Crippen molar-refractivity contribution in [2.24, 2.45) is 17.1 Å². The third-order valence-corrected chi connectivity index (χ3v) is 7.95. The van der Waals surface area contributed by atoms with Gasteiger partial charge in [-0.2, -0.15) is 0 Å². The summed E-state index contributed by atoms with van der Waals surface area (Å²) in [6.45, 7) is 0. The molecule has 4 heteroatoms. The van der Waals surface area contributed by atoms with Gasteiger partial charge in [-0.25, -0.2) is 4.98 Å². The zero-order valence-corrected chi connectivity index (χ0v) is 16.0. The molecule has 26 heavy (non-hydrogen) atoms. The molecule has 1 heterocycles. The molecule has 0 radical (unpaired) electrons. The van der Waals surface area contributed by atoms with E-state index in [1.807, 2.05) is 24.2 Å². The smallest absolute Gasteiger partial charge is 0.114 e. The fourth-order valence-corrected chi connectivity index (χ4v) is 5.89. The van der Waals surface area contributed by atoms with Gasteiger partial charge in [0.1, 0.15) is 5.03 Å². The predicted octanol–water partition coefficient (Wildman–Crippen LogP) is 4.88. The molecule has 0 aliphatic heterocycles. The van der Waals surface area contributed by atoms with E-state index in [1.54, 1.807) is 0 Å². The number of hydrogen-bond donors (Lipinski definition) is 1. The fourth-order valence-electron chi connectivity index (χ4n) is 4.89. The molecular weight excluding hydrogens is 338 g/mol. The SMILES string of the molecule is N[C@H]1c2ccccc2C[C@]12CC[C@@H](c1cnc(SCC3CC3)cn1)CC2. The Morgan fingerprint density at radius 2 is 1.85 bits per heavy atom. The van der Waals surface area contributed by atoms with Gasteiger partial charge < -0.3 is 5.73 Å². The van der Waals surface area contributed by atoms with Crippen LogP contribution in [-0.2, 0) is 6.42 Å². The van der Waals surface area contributed by atoms with Crippen LogP contribution >= 0.6 is 11.8 Å². The number of nitrogens with two attached hydrogens (primary N) is 1. The second-order valence-electron chi connectivity index (χ2n) is 8.52. The number of aromatic nitrogens is 2. The molecular formula is C22H27N3S. The zero-order valence-electron chi connectivity index (χ0n) is 15.2. The van der Waals surface area contributed by atoms with Crippen molar-refractivity contribution in [3.8, 4) is 0 Å². The van der Waals surface area contributed by atoms with Gasteiger partial charge >= 0.3 is 0 Å². The highest BCUT2D eigenvalue weighted by Gasteiger charge is 2.46. The molecule has 3 aliphatic rings. The van der Waals surface area contributed by atoms with Gasteiger partial charge in [0, 0.05) is 23.9 Å². The highest BCUT2D eigenvalue weighted by atomic mass is 32.2. The largest absolute Gasteiger partial charge is 0.323 e. The second-order valence-corrected chi connectivity index (χ2v) is 9.56. The second kappa shape index (κ2) is 6.65. The van der Waals surface area contributed by atoms with Crippen LogP contribution in [0.15, 0.2) is 41.7 Å². The summed E-state index contributed by atoms with van der Waals surface area (Å²) in [7, 11) is 0. The lowest BCUT2D eigenvalue weighted by atomic mass is 9.66. The lowest BCUT2D eigenvalue weighted by Gasteiger charge is -2.40. The molecule has 1 aromatic heterocycles. The Balaban J connectivity index is 1.23. The van der Waals surface area contributed by atoms with E-state index in [4.69, 9.17) is 10.7 Å². The molecule has 0 amide bonds. The maximum atomic E-state index is 6.69. The van der Waals surface area contributed by atoms with E-state index in [0.29, 0.717) is 5.92 Å². The van der Waals surface area contributed by atoms with Crippen LogP contribution in [0.2, 0.25) is 0 Å². The van der Waals surface area contributed by atoms with Gasteiger partial charge in [0.2, 0.25) is 0 Å². The third kappa shape index (κ3) is 3.07. The van der Waals surface area contributed by atoms with Gasteiger partial charge in [0.05, 0.1) is 11.9 Å². The summed E-state index contributed by atoms with van der Waals surface area (Å²) >= 11 is 1.86. The van der Waals surface area contributed by atoms with Gasteiger partial charge in [0.15, 0.2) is 0 Å². The monoisotopic (exact) mass is 365 g/mol. The Bertz CT molecular complexity index is 776. The number of thioether (sulfide) groups is 1. The van der Waals surface area contributed by atoms with Crippen LogP contribution in [-0.4, -0.2) is 15.7 Å². The van der Waals surface area contributed by atoms with Gasteiger partial charge in [-0.15, -0.1) is 11.8 Å². The van der Waals surface area contributed by atoms with Crippen molar-refractivity contribution in [1.29, 1.82) is 0 Å². The summed E-state index contributed by atoms with van der Waals surface area (Å²) in [5.41, 5.74) is 11.0. The van der Waals surface area contributed by atoms with Crippen molar-refractivity contribution in [1.82, 2.24) is 9.97 Å². The molecule has 2 N–H and O–H groups in total. The molecule has 5 rings (SSSR count). The summed E-state index contributed by atoms with van der Waals surface area (Å²) in [5, 5.41) is 1.08. The molecule has 3 nitrogen and oxygen atoms in total. The number of fused-ring (bicyclic) bond motifs is 1. The van der Waals surface area contributed by atoms with Gasteiger partial charge in [0.25, 0.3) is 0 Å². The molecule has 0 unspecified atom stereocenters. The lowest BCUT2D eigenvalue weighted by molar-refractivity contribution is 0.148. The molecule has 1 atom stereocenters. The summed E-state index contributed by atoms with van der Waals surface area (Å²) in [6, 6.07) is 8.96. The van der Waals surface area contributed by atoms with Crippen LogP contribution in [0.25, 0.3) is 0 Å². The highest BCUT2D eigenvalue weighted by Crippen LogP contribution is 2.55. The van der Waals surface area contributed by atoms with Crippen LogP contribution in [0.4, 0.5) is 0 Å². The molecule has 1 aromatic carbocycles. The van der Waals surface area contributed by atoms with Crippen LogP contribution < -0.4 is 5.73 Å². The van der Waals surface area contributed by atoms with Crippen molar-refractivity contribution in [2.75, 3.05) is 5.75 Å². The van der Waals surface area contributed by atoms with Gasteiger partial charge in [-0.3, -0.25) is 4.98 Å². The molecule has 0 saturated heterocycles. The first-order valence-corrected chi connectivity index (χ1v) is 11.0. The van der Waals surface area contributed by atoms with Crippen molar-refractivity contribution in [3.63, 3.8) is 0 Å². The van der Waals surface area contributed by atoms with E-state index < -0.39 is 0 Å². The minimum absolute atomic E-state index is 0.201. The van der Waals surface area contributed by atoms with Crippen LogP contribution in [0.3, 0.4) is 0 Å². The number of nitrogens with zero attached hydrogens (tertiary/aromatic N) is 2. The summed E-state index contributed by atoms with van der Waals surface area (Å²) in [5.74, 6) is 2.68. The zero-order chi connectivity index (χ0) is 17.6. The molecule has 136 valence electrons. The first kappa shape index (κ1) is 16.8. The standard InChI is InChI=1S/C22H27N3S/c23-21-18-4-2-1-3-17(18)11-22(21)9-7-16(8-10-22)19-12-25-20(13-24-19)26-14-15-5-6-15/h1-4,12-13,15-16,21H,5-11,14,23H2/t16-,21-,22-/m0/s1. The Morgan fingerprint density at radius 1 is 1.04 bits per heavy atom. The van der Waals surface area contributed by atoms with Gasteiger partial charge in [-0.05, 0) is 67.4 Å². The highest BCUT2D eigenvalue weighted by molar-refractivity contribution is 7.99. The Morgan fingerprint density at radius 3 is 2.54 bits per heavy atom. The Labute approximate surface area is 160 Å². The number of rotatable bonds is 4. The Kier molecular flexibility index (Phi) is 4.29. The minimum Gasteiger partial charge on any atom is -0.323 e. The van der Waals surface area contributed by atoms with E-state index >= 15 is 0 Å². The summed E-state index contributed by atoms with van der Waals surface area (Å²) < 4.78 is 0. The average Bonchev–Trinajstić information content (AvgIpc) is 3.48. The molecule has 3 aliphatic carbocycles. The molecule has 1 spiro atoms. The van der Waals surface area contributed by atoms with E-state index in [1.165, 1.54) is 61.1 Å². The van der Waals surface area contributed by atoms with E-state index in [2.05, 4.69) is 29.2 Å². The molecule has 2 fully saturated rings.